The third-order valence-electron chi connectivity index (χ3n) is 2.94. The van der Waals surface area contributed by atoms with Gasteiger partial charge in [0.25, 0.3) is 5.56 Å². The summed E-state index contributed by atoms with van der Waals surface area (Å²) < 4.78 is 2.68. The highest BCUT2D eigenvalue weighted by atomic mass is 16.2. The molecule has 0 atom stereocenters. The third-order valence-corrected chi connectivity index (χ3v) is 2.94. The number of aryl methyl sites for hydroxylation is 2. The van der Waals surface area contributed by atoms with Gasteiger partial charge in [-0.25, -0.2) is 4.79 Å². The summed E-state index contributed by atoms with van der Waals surface area (Å²) >= 11 is 0. The molecule has 0 aliphatic carbocycles. The Kier molecular flexibility index (Phi) is 2.85. The van der Waals surface area contributed by atoms with E-state index in [2.05, 4.69) is 0 Å². The Balaban J connectivity index is 3.02. The van der Waals surface area contributed by atoms with Crippen molar-refractivity contribution >= 4 is 10.9 Å². The molecule has 2 rings (SSSR count). The Morgan fingerprint density at radius 2 is 2.00 bits per heavy atom. The van der Waals surface area contributed by atoms with E-state index in [4.69, 9.17) is 5.73 Å². The quantitative estimate of drug-likeness (QED) is 0.791. The number of hydrogen-bond donors (Lipinski definition) is 1. The highest BCUT2D eigenvalue weighted by Gasteiger charge is 2.11. The fourth-order valence-corrected chi connectivity index (χ4v) is 2.04. The molecule has 1 aromatic heterocycles. The summed E-state index contributed by atoms with van der Waals surface area (Å²) in [6.45, 7) is 2.38. The maximum absolute atomic E-state index is 12.2. The lowest BCUT2D eigenvalue weighted by molar-refractivity contribution is 0.613. The molecule has 0 amide bonds. The highest BCUT2D eigenvalue weighted by Crippen LogP contribution is 2.11. The van der Waals surface area contributed by atoms with Crippen LogP contribution in [0.5, 0.6) is 0 Å². The van der Waals surface area contributed by atoms with Crippen LogP contribution in [0.4, 0.5) is 0 Å². The molecule has 0 bridgehead atoms. The topological polar surface area (TPSA) is 70.0 Å². The molecular formula is C12H15N3O2. The van der Waals surface area contributed by atoms with Gasteiger partial charge in [-0.3, -0.25) is 13.9 Å². The van der Waals surface area contributed by atoms with Gasteiger partial charge >= 0.3 is 5.69 Å². The van der Waals surface area contributed by atoms with Crippen LogP contribution < -0.4 is 17.0 Å². The van der Waals surface area contributed by atoms with Crippen LogP contribution in [0.2, 0.25) is 0 Å². The Labute approximate surface area is 98.1 Å². The smallest absolute Gasteiger partial charge is 0.329 e. The van der Waals surface area contributed by atoms with E-state index in [-0.39, 0.29) is 24.3 Å². The fourth-order valence-electron chi connectivity index (χ4n) is 2.04. The van der Waals surface area contributed by atoms with Crippen LogP contribution >= 0.6 is 0 Å². The summed E-state index contributed by atoms with van der Waals surface area (Å²) in [7, 11) is 1.66. The minimum absolute atomic E-state index is 0.246. The molecule has 0 unspecified atom stereocenters. The first-order valence-corrected chi connectivity index (χ1v) is 5.47. The van der Waals surface area contributed by atoms with Crippen LogP contribution in [0.1, 0.15) is 5.56 Å². The minimum Gasteiger partial charge on any atom is -0.329 e. The van der Waals surface area contributed by atoms with E-state index < -0.39 is 0 Å². The van der Waals surface area contributed by atoms with Gasteiger partial charge in [0.2, 0.25) is 0 Å². The van der Waals surface area contributed by atoms with Crippen molar-refractivity contribution in [1.82, 2.24) is 9.13 Å². The first-order chi connectivity index (χ1) is 8.07. The van der Waals surface area contributed by atoms with Gasteiger partial charge in [-0.05, 0) is 18.6 Å². The first kappa shape index (κ1) is 11.6. The van der Waals surface area contributed by atoms with Crippen molar-refractivity contribution in [3.05, 3.63) is 44.6 Å². The molecule has 0 saturated heterocycles. The second-order valence-electron chi connectivity index (χ2n) is 4.06. The van der Waals surface area contributed by atoms with Crippen molar-refractivity contribution < 1.29 is 0 Å². The zero-order chi connectivity index (χ0) is 12.6. The standard InChI is InChI=1S/C12H15N3O2/c1-8-4-3-5-9-10(8)11(16)15(7-6-13)12(17)14(9)2/h3-5H,6-7,13H2,1-2H3. The predicted molar refractivity (Wildman–Crippen MR) is 67.2 cm³/mol. The average Bonchev–Trinajstić information content (AvgIpc) is 2.31. The van der Waals surface area contributed by atoms with Gasteiger partial charge < -0.3 is 5.73 Å². The summed E-state index contributed by atoms with van der Waals surface area (Å²) in [5.74, 6) is 0. The number of nitrogens with two attached hydrogens (primary N) is 1. The number of fused-ring (bicyclic) bond motifs is 1. The molecule has 0 aliphatic heterocycles. The lowest BCUT2D eigenvalue weighted by Gasteiger charge is -2.11. The van der Waals surface area contributed by atoms with Crippen molar-refractivity contribution in [2.45, 2.75) is 13.5 Å². The lowest BCUT2D eigenvalue weighted by atomic mass is 10.1. The molecule has 0 spiro atoms. The number of nitrogens with zero attached hydrogens (tertiary/aromatic N) is 2. The Bertz CT molecular complexity index is 682. The van der Waals surface area contributed by atoms with Crippen molar-refractivity contribution in [2.24, 2.45) is 12.8 Å². The van der Waals surface area contributed by atoms with E-state index in [9.17, 15) is 9.59 Å². The lowest BCUT2D eigenvalue weighted by Crippen LogP contribution is -2.40. The zero-order valence-electron chi connectivity index (χ0n) is 9.93. The summed E-state index contributed by atoms with van der Waals surface area (Å²) in [6, 6.07) is 5.47. The zero-order valence-corrected chi connectivity index (χ0v) is 9.93. The van der Waals surface area contributed by atoms with E-state index in [0.29, 0.717) is 10.9 Å². The van der Waals surface area contributed by atoms with Crippen molar-refractivity contribution in [1.29, 1.82) is 0 Å². The molecule has 5 nitrogen and oxygen atoms in total. The number of benzene rings is 1. The molecule has 17 heavy (non-hydrogen) atoms. The van der Waals surface area contributed by atoms with E-state index in [1.807, 2.05) is 19.1 Å². The van der Waals surface area contributed by atoms with Crippen LogP contribution in [0.3, 0.4) is 0 Å². The summed E-state index contributed by atoms with van der Waals surface area (Å²) in [6.07, 6.45) is 0. The molecule has 5 heteroatoms. The van der Waals surface area contributed by atoms with Crippen LogP contribution in [0.25, 0.3) is 10.9 Å². The largest absolute Gasteiger partial charge is 0.331 e. The number of hydrogen-bond acceptors (Lipinski definition) is 3. The van der Waals surface area contributed by atoms with Gasteiger partial charge in [-0.2, -0.15) is 0 Å². The maximum atomic E-state index is 12.2. The molecule has 0 saturated carbocycles. The molecule has 1 heterocycles. The summed E-state index contributed by atoms with van der Waals surface area (Å²) in [4.78, 5) is 24.2. The molecule has 2 N–H and O–H groups in total. The van der Waals surface area contributed by atoms with E-state index >= 15 is 0 Å². The fraction of sp³-hybridized carbons (Fsp3) is 0.333. The summed E-state index contributed by atoms with van der Waals surface area (Å²) in [5, 5.41) is 0.586. The van der Waals surface area contributed by atoms with E-state index in [1.165, 1.54) is 9.13 Å². The van der Waals surface area contributed by atoms with Crippen molar-refractivity contribution in [2.75, 3.05) is 6.54 Å². The molecule has 2 aromatic rings. The van der Waals surface area contributed by atoms with Gasteiger partial charge in [-0.15, -0.1) is 0 Å². The Hall–Kier alpha value is -1.88. The molecule has 0 radical (unpaired) electrons. The second-order valence-corrected chi connectivity index (χ2v) is 4.06. The normalized spacial score (nSPS) is 11.0. The van der Waals surface area contributed by atoms with Crippen LogP contribution in [0.15, 0.2) is 27.8 Å². The van der Waals surface area contributed by atoms with Gasteiger partial charge in [0, 0.05) is 20.1 Å². The van der Waals surface area contributed by atoms with Crippen molar-refractivity contribution in [3.63, 3.8) is 0 Å². The van der Waals surface area contributed by atoms with Crippen molar-refractivity contribution in [3.8, 4) is 0 Å². The van der Waals surface area contributed by atoms with E-state index in [0.717, 1.165) is 5.56 Å². The Morgan fingerprint density at radius 1 is 1.29 bits per heavy atom. The molecule has 0 fully saturated rings. The SMILES string of the molecule is Cc1cccc2c1c(=O)n(CCN)c(=O)n2C. The second kappa shape index (κ2) is 4.18. The highest BCUT2D eigenvalue weighted by molar-refractivity contribution is 5.81. The average molecular weight is 233 g/mol. The monoisotopic (exact) mass is 233 g/mol. The third kappa shape index (κ3) is 1.68. The predicted octanol–water partition coefficient (Wildman–Crippen LogP) is -0.0327. The maximum Gasteiger partial charge on any atom is 0.331 e. The van der Waals surface area contributed by atoms with E-state index in [1.54, 1.807) is 13.1 Å². The molecule has 0 aliphatic rings. The Morgan fingerprint density at radius 3 is 2.65 bits per heavy atom. The van der Waals surface area contributed by atoms with Crippen LogP contribution in [-0.4, -0.2) is 15.7 Å². The molecular weight excluding hydrogens is 218 g/mol. The summed E-state index contributed by atoms with van der Waals surface area (Å²) in [5.41, 5.74) is 6.37. The number of rotatable bonds is 2. The first-order valence-electron chi connectivity index (χ1n) is 5.47. The minimum atomic E-state index is -0.321. The van der Waals surface area contributed by atoms with Gasteiger partial charge in [0.05, 0.1) is 10.9 Å². The molecule has 1 aromatic carbocycles. The van der Waals surface area contributed by atoms with Gasteiger partial charge in [-0.1, -0.05) is 12.1 Å². The van der Waals surface area contributed by atoms with Gasteiger partial charge in [0.15, 0.2) is 0 Å². The number of aromatic nitrogens is 2. The van der Waals surface area contributed by atoms with Crippen LogP contribution in [0, 0.1) is 6.92 Å². The van der Waals surface area contributed by atoms with Crippen LogP contribution in [-0.2, 0) is 13.6 Å². The molecule has 90 valence electrons. The van der Waals surface area contributed by atoms with Gasteiger partial charge in [0.1, 0.15) is 0 Å².